The van der Waals surface area contributed by atoms with Crippen LogP contribution in [0, 0.1) is 0 Å². The Morgan fingerprint density at radius 3 is 2.88 bits per heavy atom. The normalized spacial score (nSPS) is 12.4. The van der Waals surface area contributed by atoms with Gasteiger partial charge >= 0.3 is 0 Å². The maximum atomic E-state index is 9.77. The number of hydrogen-bond donors (Lipinski definition) is 2. The molecule has 0 amide bonds. The fraction of sp³-hybridized carbons (Fsp3) is 0.167. The van der Waals surface area contributed by atoms with E-state index < -0.39 is 6.10 Å². The van der Waals surface area contributed by atoms with Gasteiger partial charge in [-0.25, -0.2) is 0 Å². The van der Waals surface area contributed by atoms with Crippen LogP contribution in [0.15, 0.2) is 51.6 Å². The van der Waals surface area contributed by atoms with Crippen molar-refractivity contribution < 1.29 is 9.52 Å². The summed E-state index contributed by atoms with van der Waals surface area (Å²) in [5.74, 6) is 0.572. The van der Waals surface area contributed by atoms with Crippen LogP contribution in [0.5, 0.6) is 0 Å². The van der Waals surface area contributed by atoms with E-state index in [4.69, 9.17) is 4.42 Å². The number of aliphatic hydroxyl groups excluding tert-OH is 1. The van der Waals surface area contributed by atoms with E-state index in [0.29, 0.717) is 12.3 Å². The summed E-state index contributed by atoms with van der Waals surface area (Å²) in [5.41, 5.74) is 0.958. The van der Waals surface area contributed by atoms with Crippen LogP contribution in [-0.4, -0.2) is 11.7 Å². The van der Waals surface area contributed by atoms with Gasteiger partial charge in [0.25, 0.3) is 0 Å². The van der Waals surface area contributed by atoms with Gasteiger partial charge in [0.15, 0.2) is 0 Å². The number of halogens is 1. The topological polar surface area (TPSA) is 45.4 Å². The molecule has 0 bridgehead atoms. The predicted molar refractivity (Wildman–Crippen MR) is 66.3 cm³/mol. The molecule has 0 aliphatic carbocycles. The van der Waals surface area contributed by atoms with Crippen LogP contribution in [0.25, 0.3) is 0 Å². The van der Waals surface area contributed by atoms with E-state index in [2.05, 4.69) is 21.2 Å². The van der Waals surface area contributed by atoms with Gasteiger partial charge in [-0.05, 0) is 30.3 Å². The van der Waals surface area contributed by atoms with Crippen LogP contribution in [-0.2, 0) is 0 Å². The van der Waals surface area contributed by atoms with Crippen LogP contribution >= 0.6 is 15.9 Å². The number of rotatable bonds is 4. The molecule has 0 saturated heterocycles. The van der Waals surface area contributed by atoms with E-state index in [-0.39, 0.29) is 0 Å². The molecule has 2 N–H and O–H groups in total. The zero-order chi connectivity index (χ0) is 11.4. The molecule has 1 aromatic heterocycles. The first-order valence-corrected chi connectivity index (χ1v) is 5.76. The zero-order valence-electron chi connectivity index (χ0n) is 8.56. The first-order valence-electron chi connectivity index (χ1n) is 4.96. The van der Waals surface area contributed by atoms with Crippen molar-refractivity contribution in [2.45, 2.75) is 6.10 Å². The van der Waals surface area contributed by atoms with Gasteiger partial charge in [-0.1, -0.05) is 22.0 Å². The Bertz CT molecular complexity index is 442. The second-order valence-corrected chi connectivity index (χ2v) is 4.34. The highest BCUT2D eigenvalue weighted by molar-refractivity contribution is 9.10. The summed E-state index contributed by atoms with van der Waals surface area (Å²) in [6, 6.07) is 11.3. The van der Waals surface area contributed by atoms with Crippen LogP contribution < -0.4 is 5.32 Å². The number of anilines is 1. The van der Waals surface area contributed by atoms with Gasteiger partial charge < -0.3 is 14.8 Å². The van der Waals surface area contributed by atoms with Crippen molar-refractivity contribution in [3.8, 4) is 0 Å². The summed E-state index contributed by atoms with van der Waals surface area (Å²) in [6.45, 7) is 0.421. The first kappa shape index (κ1) is 11.2. The Balaban J connectivity index is 1.92. The second kappa shape index (κ2) is 5.18. The number of furan rings is 1. The van der Waals surface area contributed by atoms with Gasteiger partial charge in [-0.3, -0.25) is 0 Å². The lowest BCUT2D eigenvalue weighted by Gasteiger charge is -2.10. The molecule has 16 heavy (non-hydrogen) atoms. The first-order chi connectivity index (χ1) is 7.75. The summed E-state index contributed by atoms with van der Waals surface area (Å²) in [7, 11) is 0. The molecule has 2 aromatic rings. The van der Waals surface area contributed by atoms with E-state index >= 15 is 0 Å². The summed E-state index contributed by atoms with van der Waals surface area (Å²) >= 11 is 3.39. The van der Waals surface area contributed by atoms with Gasteiger partial charge in [0.2, 0.25) is 0 Å². The number of benzene rings is 1. The number of aliphatic hydroxyl groups is 1. The molecular weight excluding hydrogens is 270 g/mol. The molecule has 0 radical (unpaired) electrons. The van der Waals surface area contributed by atoms with Gasteiger partial charge in [0.05, 0.1) is 6.26 Å². The molecule has 1 heterocycles. The molecule has 0 saturated carbocycles. The monoisotopic (exact) mass is 281 g/mol. The molecule has 1 unspecified atom stereocenters. The smallest absolute Gasteiger partial charge is 0.134 e. The minimum absolute atomic E-state index is 0.421. The van der Waals surface area contributed by atoms with Crippen molar-refractivity contribution in [3.05, 3.63) is 52.9 Å². The van der Waals surface area contributed by atoms with Gasteiger partial charge in [0, 0.05) is 16.7 Å². The lowest BCUT2D eigenvalue weighted by atomic mass is 10.2. The maximum absolute atomic E-state index is 9.77. The van der Waals surface area contributed by atoms with Crippen molar-refractivity contribution in [1.29, 1.82) is 0 Å². The van der Waals surface area contributed by atoms with Crippen LogP contribution in [0.4, 0.5) is 5.69 Å². The van der Waals surface area contributed by atoms with Gasteiger partial charge in [0.1, 0.15) is 11.9 Å². The molecule has 0 aliphatic heterocycles. The minimum atomic E-state index is -0.631. The Morgan fingerprint density at radius 1 is 1.31 bits per heavy atom. The van der Waals surface area contributed by atoms with Crippen LogP contribution in [0.3, 0.4) is 0 Å². The number of hydrogen-bond acceptors (Lipinski definition) is 3. The average molecular weight is 282 g/mol. The van der Waals surface area contributed by atoms with Crippen molar-refractivity contribution in [2.75, 3.05) is 11.9 Å². The third-order valence-corrected chi connectivity index (χ3v) is 2.69. The Kier molecular flexibility index (Phi) is 3.64. The summed E-state index contributed by atoms with van der Waals surface area (Å²) in [6.07, 6.45) is 0.923. The molecule has 0 aliphatic rings. The largest absolute Gasteiger partial charge is 0.467 e. The van der Waals surface area contributed by atoms with E-state index in [1.54, 1.807) is 18.4 Å². The molecule has 0 spiro atoms. The molecule has 2 rings (SSSR count). The van der Waals surface area contributed by atoms with Crippen LogP contribution in [0.1, 0.15) is 11.9 Å². The third-order valence-electron chi connectivity index (χ3n) is 2.20. The number of nitrogens with one attached hydrogen (secondary N) is 1. The van der Waals surface area contributed by atoms with Crippen molar-refractivity contribution in [3.63, 3.8) is 0 Å². The lowest BCUT2D eigenvalue weighted by molar-refractivity contribution is 0.162. The molecule has 3 nitrogen and oxygen atoms in total. The fourth-order valence-corrected chi connectivity index (χ4v) is 1.79. The fourth-order valence-electron chi connectivity index (χ4n) is 1.39. The summed E-state index contributed by atoms with van der Waals surface area (Å²) < 4.78 is 6.11. The Morgan fingerprint density at radius 2 is 2.19 bits per heavy atom. The summed E-state index contributed by atoms with van der Waals surface area (Å²) in [5, 5.41) is 12.9. The third kappa shape index (κ3) is 2.87. The van der Waals surface area contributed by atoms with E-state index in [0.717, 1.165) is 10.2 Å². The highest BCUT2D eigenvalue weighted by atomic mass is 79.9. The molecule has 1 aromatic carbocycles. The lowest BCUT2D eigenvalue weighted by Crippen LogP contribution is -2.11. The maximum Gasteiger partial charge on any atom is 0.134 e. The minimum Gasteiger partial charge on any atom is -0.467 e. The van der Waals surface area contributed by atoms with E-state index in [9.17, 15) is 5.11 Å². The Labute approximate surface area is 102 Å². The Hall–Kier alpha value is -1.26. The molecule has 4 heteroatoms. The molecule has 84 valence electrons. The molecule has 1 atom stereocenters. The highest BCUT2D eigenvalue weighted by Crippen LogP contribution is 2.18. The predicted octanol–water partition coefficient (Wildman–Crippen LogP) is 3.19. The van der Waals surface area contributed by atoms with Gasteiger partial charge in [-0.2, -0.15) is 0 Å². The second-order valence-electron chi connectivity index (χ2n) is 3.42. The van der Waals surface area contributed by atoms with E-state index in [1.807, 2.05) is 24.3 Å². The zero-order valence-corrected chi connectivity index (χ0v) is 10.1. The van der Waals surface area contributed by atoms with Gasteiger partial charge in [-0.15, -0.1) is 0 Å². The van der Waals surface area contributed by atoms with Crippen molar-refractivity contribution in [1.82, 2.24) is 0 Å². The highest BCUT2D eigenvalue weighted by Gasteiger charge is 2.09. The SMILES string of the molecule is OC(CNc1cccc(Br)c1)c1ccco1. The van der Waals surface area contributed by atoms with Crippen LogP contribution in [0.2, 0.25) is 0 Å². The standard InChI is InChI=1S/C12H12BrNO2/c13-9-3-1-4-10(7-9)14-8-11(15)12-5-2-6-16-12/h1-7,11,14-15H,8H2. The van der Waals surface area contributed by atoms with E-state index in [1.165, 1.54) is 0 Å². The average Bonchev–Trinajstić information content (AvgIpc) is 2.79. The molecule has 0 fully saturated rings. The quantitative estimate of drug-likeness (QED) is 0.905. The molecular formula is C12H12BrNO2. The van der Waals surface area contributed by atoms with Crippen molar-refractivity contribution in [2.24, 2.45) is 0 Å². The van der Waals surface area contributed by atoms with Crippen molar-refractivity contribution >= 4 is 21.6 Å². The summed E-state index contributed by atoms with van der Waals surface area (Å²) in [4.78, 5) is 0.